The van der Waals surface area contributed by atoms with Crippen molar-refractivity contribution in [1.82, 2.24) is 30.4 Å². The molecule has 2 amide bonds. The van der Waals surface area contributed by atoms with Crippen LogP contribution in [0.1, 0.15) is 17.2 Å². The number of tetrazole rings is 1. The van der Waals surface area contributed by atoms with Gasteiger partial charge in [-0.15, -0.1) is 28.6 Å². The number of carbonyl (C=O) groups excluding carboxylic acids is 3. The minimum absolute atomic E-state index is 0.158. The van der Waals surface area contributed by atoms with Crippen LogP contribution >= 0.6 is 35.3 Å². The van der Waals surface area contributed by atoms with Crippen LogP contribution in [0.4, 0.5) is 0 Å². The van der Waals surface area contributed by atoms with Gasteiger partial charge in [0.1, 0.15) is 17.1 Å². The van der Waals surface area contributed by atoms with E-state index in [0.717, 1.165) is 22.9 Å². The van der Waals surface area contributed by atoms with Crippen molar-refractivity contribution in [2.24, 2.45) is 7.05 Å². The second-order valence-electron chi connectivity index (χ2n) is 9.07. The Morgan fingerprint density at radius 2 is 1.83 bits per heavy atom. The number of nitrogens with zero attached hydrogens (tertiary/aromatic N) is 6. The highest BCUT2D eigenvalue weighted by Crippen LogP contribution is 2.42. The summed E-state index contributed by atoms with van der Waals surface area (Å²) >= 11 is 3.87. The molecule has 11 nitrogen and oxygen atoms in total. The van der Waals surface area contributed by atoms with E-state index in [0.29, 0.717) is 22.2 Å². The number of esters is 1. The molecule has 0 radical (unpaired) electrons. The van der Waals surface area contributed by atoms with Gasteiger partial charge in [-0.25, -0.2) is 9.48 Å². The van der Waals surface area contributed by atoms with Gasteiger partial charge < -0.3 is 10.1 Å². The lowest BCUT2D eigenvalue weighted by Gasteiger charge is -2.50. The van der Waals surface area contributed by atoms with Gasteiger partial charge in [0.05, 0.1) is 6.07 Å². The summed E-state index contributed by atoms with van der Waals surface area (Å²) in [5, 5.41) is 22.6. The topological polar surface area (TPSA) is 143 Å². The number of nitriles is 1. The number of carbonyl (C=O) groups is 3. The SMILES string of the molecule is CSC(C#N)C(=O)NC1C(=O)N2C(C(=O)OC(c3ccccc3)c3ccccc3)=C(CSc3nnnn3C)CS[C@@H]12. The maximum atomic E-state index is 14.0. The monoisotopic (exact) mass is 607 g/mol. The second kappa shape index (κ2) is 12.8. The number of β-lactam (4-membered cyclic amide) rings is 1. The third kappa shape index (κ3) is 5.97. The van der Waals surface area contributed by atoms with E-state index in [1.54, 1.807) is 13.3 Å². The Balaban J connectivity index is 1.45. The van der Waals surface area contributed by atoms with Gasteiger partial charge in [-0.1, -0.05) is 72.4 Å². The Kier molecular flexibility index (Phi) is 8.96. The Morgan fingerprint density at radius 3 is 2.39 bits per heavy atom. The van der Waals surface area contributed by atoms with Gasteiger partial charge in [0, 0.05) is 18.6 Å². The third-order valence-corrected chi connectivity index (χ3v) is 9.74. The molecule has 3 aromatic rings. The lowest BCUT2D eigenvalue weighted by atomic mass is 10.0. The van der Waals surface area contributed by atoms with E-state index in [1.165, 1.54) is 33.1 Å². The fraction of sp³-hybridized carbons (Fsp3) is 0.296. The number of rotatable bonds is 10. The number of fused-ring (bicyclic) bond motifs is 1. The van der Waals surface area contributed by atoms with Crippen molar-refractivity contribution < 1.29 is 19.1 Å². The first-order chi connectivity index (χ1) is 19.9. The second-order valence-corrected chi connectivity index (χ2v) is 12.1. The molecule has 2 aliphatic rings. The molecule has 2 aliphatic heterocycles. The number of hydrogen-bond donors (Lipinski definition) is 1. The summed E-state index contributed by atoms with van der Waals surface area (Å²) in [4.78, 5) is 41.4. The summed E-state index contributed by atoms with van der Waals surface area (Å²) in [5.41, 5.74) is 2.43. The normalized spacial score (nSPS) is 18.8. The summed E-state index contributed by atoms with van der Waals surface area (Å²) in [6, 6.07) is 19.9. The number of ether oxygens (including phenoxy) is 1. The third-order valence-electron chi connectivity index (χ3n) is 6.52. The quantitative estimate of drug-likeness (QED) is 0.206. The number of aromatic nitrogens is 4. The molecule has 0 saturated carbocycles. The van der Waals surface area contributed by atoms with Gasteiger partial charge in [0.2, 0.25) is 11.1 Å². The Labute approximate surface area is 249 Å². The lowest BCUT2D eigenvalue weighted by molar-refractivity contribution is -0.154. The van der Waals surface area contributed by atoms with Gasteiger partial charge in [-0.05, 0) is 33.4 Å². The first-order valence-corrected chi connectivity index (χ1v) is 15.8. The lowest BCUT2D eigenvalue weighted by Crippen LogP contribution is -2.71. The zero-order valence-corrected chi connectivity index (χ0v) is 24.5. The van der Waals surface area contributed by atoms with Crippen molar-refractivity contribution in [3.8, 4) is 6.07 Å². The van der Waals surface area contributed by atoms with Gasteiger partial charge >= 0.3 is 5.97 Å². The first kappa shape index (κ1) is 28.7. The molecule has 3 heterocycles. The molecule has 210 valence electrons. The van der Waals surface area contributed by atoms with Crippen molar-refractivity contribution in [1.29, 1.82) is 5.26 Å². The maximum Gasteiger partial charge on any atom is 0.356 e. The minimum Gasteiger partial charge on any atom is -0.448 e. The molecule has 0 spiro atoms. The van der Waals surface area contributed by atoms with Crippen LogP contribution in [0.3, 0.4) is 0 Å². The van der Waals surface area contributed by atoms with Crippen LogP contribution < -0.4 is 5.32 Å². The number of thioether (sulfide) groups is 3. The highest BCUT2D eigenvalue weighted by molar-refractivity contribution is 8.01. The van der Waals surface area contributed by atoms with Crippen molar-refractivity contribution >= 4 is 53.1 Å². The molecule has 1 aromatic heterocycles. The summed E-state index contributed by atoms with van der Waals surface area (Å²) in [7, 11) is 1.72. The number of aryl methyl sites for hydroxylation is 1. The fourth-order valence-corrected chi connectivity index (χ4v) is 7.19. The van der Waals surface area contributed by atoms with E-state index in [-0.39, 0.29) is 5.70 Å². The number of amides is 2. The van der Waals surface area contributed by atoms with Crippen LogP contribution in [0, 0.1) is 11.3 Å². The molecule has 1 fully saturated rings. The van der Waals surface area contributed by atoms with Gasteiger partial charge in [0.25, 0.3) is 5.91 Å². The van der Waals surface area contributed by atoms with E-state index in [4.69, 9.17) is 4.74 Å². The van der Waals surface area contributed by atoms with Gasteiger partial charge in [-0.3, -0.25) is 14.5 Å². The highest BCUT2D eigenvalue weighted by Gasteiger charge is 2.55. The minimum atomic E-state index is -0.935. The molecular formula is C27H25N7O4S3. The van der Waals surface area contributed by atoms with Crippen LogP contribution in [-0.2, 0) is 26.2 Å². The van der Waals surface area contributed by atoms with Crippen LogP contribution in [0.15, 0.2) is 77.1 Å². The molecular weight excluding hydrogens is 583 g/mol. The fourth-order valence-electron chi connectivity index (χ4n) is 4.47. The Morgan fingerprint density at radius 1 is 1.17 bits per heavy atom. The van der Waals surface area contributed by atoms with Crippen LogP contribution in [0.2, 0.25) is 0 Å². The first-order valence-electron chi connectivity index (χ1n) is 12.5. The standard InChI is InChI=1S/C27H25N7O4S3/c1-33-27(30-31-32-33)41-15-18-14-40-25-20(29-23(35)19(13-28)39-2)24(36)34(25)21(18)26(37)38-22(16-9-5-3-6-10-16)17-11-7-4-8-12-17/h3-12,19-20,22,25H,14-15H2,1-2H3,(H,29,35)/t19?,20?,25-/m0/s1. The highest BCUT2D eigenvalue weighted by atomic mass is 32.2. The maximum absolute atomic E-state index is 14.0. The summed E-state index contributed by atoms with van der Waals surface area (Å²) in [6.07, 6.45) is 0.952. The van der Waals surface area contributed by atoms with Crippen molar-refractivity contribution in [2.75, 3.05) is 17.8 Å². The van der Waals surface area contributed by atoms with Crippen molar-refractivity contribution in [3.63, 3.8) is 0 Å². The number of hydrogen-bond acceptors (Lipinski definition) is 11. The average Bonchev–Trinajstić information content (AvgIpc) is 3.42. The van der Waals surface area contributed by atoms with Gasteiger partial charge in [-0.2, -0.15) is 5.26 Å². The van der Waals surface area contributed by atoms with E-state index < -0.39 is 40.6 Å². The van der Waals surface area contributed by atoms with E-state index in [2.05, 4.69) is 20.8 Å². The summed E-state index contributed by atoms with van der Waals surface area (Å²) < 4.78 is 7.68. The van der Waals surface area contributed by atoms with Crippen LogP contribution in [-0.4, -0.2) is 77.3 Å². The van der Waals surface area contributed by atoms with Crippen molar-refractivity contribution in [2.45, 2.75) is 27.9 Å². The Hall–Kier alpha value is -3.80. The molecule has 0 aliphatic carbocycles. The van der Waals surface area contributed by atoms with Crippen molar-refractivity contribution in [3.05, 3.63) is 83.1 Å². The molecule has 3 atom stereocenters. The molecule has 41 heavy (non-hydrogen) atoms. The predicted octanol–water partition coefficient (Wildman–Crippen LogP) is 2.54. The summed E-state index contributed by atoms with van der Waals surface area (Å²) in [5.74, 6) is -0.828. The van der Waals surface area contributed by atoms with E-state index in [9.17, 15) is 19.6 Å². The molecule has 0 bridgehead atoms. The van der Waals surface area contributed by atoms with E-state index >= 15 is 0 Å². The predicted molar refractivity (Wildman–Crippen MR) is 155 cm³/mol. The smallest absolute Gasteiger partial charge is 0.356 e. The van der Waals surface area contributed by atoms with E-state index in [1.807, 2.05) is 66.7 Å². The zero-order valence-electron chi connectivity index (χ0n) is 22.0. The molecule has 1 N–H and O–H groups in total. The molecule has 1 saturated heterocycles. The number of benzene rings is 2. The largest absolute Gasteiger partial charge is 0.448 e. The molecule has 2 aromatic carbocycles. The molecule has 2 unspecified atom stereocenters. The van der Waals surface area contributed by atoms with Crippen LogP contribution in [0.25, 0.3) is 0 Å². The van der Waals surface area contributed by atoms with Crippen LogP contribution in [0.5, 0.6) is 0 Å². The Bertz CT molecular complexity index is 1470. The summed E-state index contributed by atoms with van der Waals surface area (Å²) in [6.45, 7) is 0. The molecule has 14 heteroatoms. The average molecular weight is 608 g/mol. The molecule has 5 rings (SSSR count). The van der Waals surface area contributed by atoms with Gasteiger partial charge in [0.15, 0.2) is 11.4 Å². The number of nitrogens with one attached hydrogen (secondary N) is 1. The zero-order chi connectivity index (χ0) is 28.9.